The van der Waals surface area contributed by atoms with Crippen LogP contribution in [0.15, 0.2) is 24.3 Å². The summed E-state index contributed by atoms with van der Waals surface area (Å²) in [6, 6.07) is 8.28. The van der Waals surface area contributed by atoms with E-state index in [9.17, 15) is 0 Å². The molecular weight excluding hydrogens is 206 g/mol. The monoisotopic (exact) mass is 223 g/mol. The fourth-order valence-electron chi connectivity index (χ4n) is 2.62. The summed E-state index contributed by atoms with van der Waals surface area (Å²) in [5.41, 5.74) is 1.51. The van der Waals surface area contributed by atoms with E-state index in [-0.39, 0.29) is 5.54 Å². The van der Waals surface area contributed by atoms with E-state index in [1.165, 1.54) is 37.7 Å². The zero-order valence-electron chi connectivity index (χ0n) is 9.22. The minimum Gasteiger partial charge on any atom is -0.310 e. The third kappa shape index (κ3) is 2.19. The molecule has 2 heteroatoms. The van der Waals surface area contributed by atoms with E-state index in [1.807, 2.05) is 12.1 Å². The predicted molar refractivity (Wildman–Crippen MR) is 65.3 cm³/mol. The zero-order chi connectivity index (χ0) is 10.7. The Bertz CT molecular complexity index is 329. The van der Waals surface area contributed by atoms with Crippen LogP contribution in [0.25, 0.3) is 0 Å². The summed E-state index contributed by atoms with van der Waals surface area (Å²) in [5.74, 6) is 0. The Morgan fingerprint density at radius 1 is 1.20 bits per heavy atom. The maximum absolute atomic E-state index is 6.06. The summed E-state index contributed by atoms with van der Waals surface area (Å²) in [5, 5.41) is 4.34. The molecule has 1 nitrogen and oxygen atoms in total. The van der Waals surface area contributed by atoms with Gasteiger partial charge >= 0.3 is 0 Å². The van der Waals surface area contributed by atoms with Gasteiger partial charge < -0.3 is 5.32 Å². The Balaban J connectivity index is 2.32. The van der Waals surface area contributed by atoms with Gasteiger partial charge in [0.15, 0.2) is 0 Å². The molecule has 1 aliphatic carbocycles. The highest BCUT2D eigenvalue weighted by atomic mass is 35.5. The molecule has 0 spiro atoms. The predicted octanol–water partition coefficient (Wildman–Crippen LogP) is 3.72. The third-order valence-corrected chi connectivity index (χ3v) is 3.80. The van der Waals surface area contributed by atoms with Crippen molar-refractivity contribution in [1.82, 2.24) is 5.32 Å². The average Bonchev–Trinajstić information content (AvgIpc) is 2.30. The van der Waals surface area contributed by atoms with Crippen LogP contribution in [0, 0.1) is 0 Å². The lowest BCUT2D eigenvalue weighted by Crippen LogP contribution is -2.41. The number of nitrogens with one attached hydrogen (secondary N) is 1. The normalized spacial score (nSPS) is 20.1. The molecule has 0 atom stereocenters. The highest BCUT2D eigenvalue weighted by Gasteiger charge is 2.31. The molecule has 0 unspecified atom stereocenters. The quantitative estimate of drug-likeness (QED) is 0.806. The Labute approximate surface area is 96.8 Å². The van der Waals surface area contributed by atoms with E-state index in [0.29, 0.717) is 0 Å². The lowest BCUT2D eigenvalue weighted by Gasteiger charge is -2.37. The summed E-state index contributed by atoms with van der Waals surface area (Å²) in [4.78, 5) is 0. The molecule has 15 heavy (non-hydrogen) atoms. The standard InChI is InChI=1S/C13H18ClN/c1-15-13(8-3-2-4-9-13)11-6-5-7-12(14)10-11/h5-7,10,15H,2-4,8-9H2,1H3. The summed E-state index contributed by atoms with van der Waals surface area (Å²) >= 11 is 6.06. The topological polar surface area (TPSA) is 12.0 Å². The van der Waals surface area contributed by atoms with Gasteiger partial charge in [0.25, 0.3) is 0 Å². The van der Waals surface area contributed by atoms with Gasteiger partial charge in [-0.05, 0) is 37.6 Å². The van der Waals surface area contributed by atoms with Gasteiger partial charge in [-0.2, -0.15) is 0 Å². The van der Waals surface area contributed by atoms with Crippen molar-refractivity contribution in [3.05, 3.63) is 34.9 Å². The molecule has 0 aliphatic heterocycles. The largest absolute Gasteiger partial charge is 0.310 e. The SMILES string of the molecule is CNC1(c2cccc(Cl)c2)CCCCC1. The van der Waals surface area contributed by atoms with Crippen molar-refractivity contribution in [2.75, 3.05) is 7.05 Å². The molecule has 0 aromatic heterocycles. The van der Waals surface area contributed by atoms with Crippen molar-refractivity contribution in [2.24, 2.45) is 0 Å². The Morgan fingerprint density at radius 2 is 1.93 bits per heavy atom. The summed E-state index contributed by atoms with van der Waals surface area (Å²) in [6.45, 7) is 0. The second kappa shape index (κ2) is 4.54. The van der Waals surface area contributed by atoms with E-state index in [2.05, 4.69) is 24.5 Å². The molecule has 0 radical (unpaired) electrons. The molecule has 1 aliphatic rings. The van der Waals surface area contributed by atoms with Crippen molar-refractivity contribution in [3.8, 4) is 0 Å². The highest BCUT2D eigenvalue weighted by Crippen LogP contribution is 2.37. The molecule has 1 aromatic carbocycles. The van der Waals surface area contributed by atoms with Gasteiger partial charge in [-0.3, -0.25) is 0 Å². The van der Waals surface area contributed by atoms with E-state index in [4.69, 9.17) is 11.6 Å². The van der Waals surface area contributed by atoms with Gasteiger partial charge in [0.05, 0.1) is 0 Å². The van der Waals surface area contributed by atoms with E-state index in [0.717, 1.165) is 5.02 Å². The van der Waals surface area contributed by atoms with Gasteiger partial charge in [-0.25, -0.2) is 0 Å². The molecular formula is C13H18ClN. The lowest BCUT2D eigenvalue weighted by atomic mass is 9.77. The number of halogens is 1. The molecule has 1 N–H and O–H groups in total. The molecule has 1 saturated carbocycles. The van der Waals surface area contributed by atoms with Crippen molar-refractivity contribution >= 4 is 11.6 Å². The average molecular weight is 224 g/mol. The molecule has 2 rings (SSSR count). The first kappa shape index (κ1) is 11.0. The maximum Gasteiger partial charge on any atom is 0.0432 e. The van der Waals surface area contributed by atoms with Gasteiger partial charge in [0.1, 0.15) is 0 Å². The maximum atomic E-state index is 6.06. The fourth-order valence-corrected chi connectivity index (χ4v) is 2.81. The van der Waals surface area contributed by atoms with E-state index in [1.54, 1.807) is 0 Å². The Morgan fingerprint density at radius 3 is 2.53 bits per heavy atom. The second-order valence-corrected chi connectivity index (χ2v) is 4.84. The van der Waals surface area contributed by atoms with Crippen LogP contribution in [0.2, 0.25) is 5.02 Å². The van der Waals surface area contributed by atoms with Crippen LogP contribution in [0.1, 0.15) is 37.7 Å². The van der Waals surface area contributed by atoms with E-state index < -0.39 is 0 Å². The van der Waals surface area contributed by atoms with Crippen LogP contribution < -0.4 is 5.32 Å². The number of rotatable bonds is 2. The third-order valence-electron chi connectivity index (χ3n) is 3.56. The first-order valence-corrected chi connectivity index (χ1v) is 6.10. The number of hydrogen-bond acceptors (Lipinski definition) is 1. The first-order valence-electron chi connectivity index (χ1n) is 5.72. The van der Waals surface area contributed by atoms with Crippen LogP contribution in [0.3, 0.4) is 0 Å². The minimum atomic E-state index is 0.170. The van der Waals surface area contributed by atoms with Crippen molar-refractivity contribution in [1.29, 1.82) is 0 Å². The number of benzene rings is 1. The number of hydrogen-bond donors (Lipinski definition) is 1. The molecule has 1 fully saturated rings. The minimum absolute atomic E-state index is 0.170. The molecule has 0 saturated heterocycles. The van der Waals surface area contributed by atoms with Crippen LogP contribution in [0.4, 0.5) is 0 Å². The first-order chi connectivity index (χ1) is 7.27. The molecule has 1 aromatic rings. The van der Waals surface area contributed by atoms with Crippen LogP contribution in [-0.4, -0.2) is 7.05 Å². The Kier molecular flexibility index (Phi) is 3.32. The smallest absolute Gasteiger partial charge is 0.0432 e. The zero-order valence-corrected chi connectivity index (χ0v) is 9.98. The van der Waals surface area contributed by atoms with Crippen molar-refractivity contribution in [2.45, 2.75) is 37.6 Å². The molecule has 0 amide bonds. The Hall–Kier alpha value is -0.530. The molecule has 82 valence electrons. The summed E-state index contributed by atoms with van der Waals surface area (Å²) < 4.78 is 0. The van der Waals surface area contributed by atoms with E-state index >= 15 is 0 Å². The summed E-state index contributed by atoms with van der Waals surface area (Å²) in [6.07, 6.45) is 6.44. The van der Waals surface area contributed by atoms with Crippen molar-refractivity contribution in [3.63, 3.8) is 0 Å². The molecule has 0 heterocycles. The van der Waals surface area contributed by atoms with Crippen LogP contribution in [-0.2, 0) is 5.54 Å². The lowest BCUT2D eigenvalue weighted by molar-refractivity contribution is 0.250. The van der Waals surface area contributed by atoms with Crippen molar-refractivity contribution < 1.29 is 0 Å². The fraction of sp³-hybridized carbons (Fsp3) is 0.538. The van der Waals surface area contributed by atoms with Gasteiger partial charge in [0, 0.05) is 10.6 Å². The highest BCUT2D eigenvalue weighted by molar-refractivity contribution is 6.30. The second-order valence-electron chi connectivity index (χ2n) is 4.40. The van der Waals surface area contributed by atoms with Crippen LogP contribution >= 0.6 is 11.6 Å². The van der Waals surface area contributed by atoms with Gasteiger partial charge in [0.2, 0.25) is 0 Å². The molecule has 0 bridgehead atoms. The van der Waals surface area contributed by atoms with Crippen LogP contribution in [0.5, 0.6) is 0 Å². The van der Waals surface area contributed by atoms with Gasteiger partial charge in [-0.1, -0.05) is 43.0 Å². The summed E-state index contributed by atoms with van der Waals surface area (Å²) in [7, 11) is 2.06. The van der Waals surface area contributed by atoms with Gasteiger partial charge in [-0.15, -0.1) is 0 Å².